The number of primary amides is 1. The van der Waals surface area contributed by atoms with Gasteiger partial charge in [-0.2, -0.15) is 0 Å². The average Bonchev–Trinajstić information content (AvgIpc) is 2.55. The number of halogens is 1. The molecular weight excluding hydrogens is 338 g/mol. The maximum Gasteiger partial charge on any atom is 0.250 e. The molecule has 25 heavy (non-hydrogen) atoms. The highest BCUT2D eigenvalue weighted by atomic mass is 35.5. The molecule has 0 radical (unpaired) electrons. The number of hydrogen-bond acceptors (Lipinski definition) is 3. The van der Waals surface area contributed by atoms with E-state index in [0.717, 1.165) is 11.3 Å². The molecule has 1 heterocycles. The van der Waals surface area contributed by atoms with Gasteiger partial charge >= 0.3 is 0 Å². The van der Waals surface area contributed by atoms with Crippen LogP contribution in [0, 0.1) is 0 Å². The summed E-state index contributed by atoms with van der Waals surface area (Å²) in [6.07, 6.45) is 0.694. The van der Waals surface area contributed by atoms with Gasteiger partial charge in [-0.25, -0.2) is 0 Å². The van der Waals surface area contributed by atoms with Gasteiger partial charge in [-0.05, 0) is 49.2 Å². The first-order chi connectivity index (χ1) is 11.9. The molecule has 1 aliphatic heterocycles. The second-order valence-electron chi connectivity index (χ2n) is 6.28. The van der Waals surface area contributed by atoms with E-state index in [-0.39, 0.29) is 18.0 Å². The third kappa shape index (κ3) is 3.33. The minimum Gasteiger partial charge on any atom is -0.377 e. The van der Waals surface area contributed by atoms with Crippen molar-refractivity contribution in [2.24, 2.45) is 5.73 Å². The van der Waals surface area contributed by atoms with Gasteiger partial charge in [-0.15, -0.1) is 0 Å². The molecule has 0 saturated heterocycles. The lowest BCUT2D eigenvalue weighted by Crippen LogP contribution is -2.43. The molecule has 2 aromatic rings. The van der Waals surface area contributed by atoms with Crippen LogP contribution in [0.3, 0.4) is 0 Å². The van der Waals surface area contributed by atoms with Crippen molar-refractivity contribution >= 4 is 34.8 Å². The molecule has 130 valence electrons. The van der Waals surface area contributed by atoms with Gasteiger partial charge in [0.25, 0.3) is 5.91 Å². The van der Waals surface area contributed by atoms with Gasteiger partial charge in [-0.3, -0.25) is 9.59 Å². The Morgan fingerprint density at radius 1 is 1.24 bits per heavy atom. The van der Waals surface area contributed by atoms with Crippen LogP contribution in [0.15, 0.2) is 42.5 Å². The molecular formula is C19H20ClN3O2. The second-order valence-corrected chi connectivity index (χ2v) is 6.72. The van der Waals surface area contributed by atoms with E-state index in [2.05, 4.69) is 5.32 Å². The number of carbonyl (C=O) groups is 2. The Bertz CT molecular complexity index is 837. The number of benzene rings is 2. The van der Waals surface area contributed by atoms with Gasteiger partial charge < -0.3 is 16.0 Å². The van der Waals surface area contributed by atoms with E-state index >= 15 is 0 Å². The summed E-state index contributed by atoms with van der Waals surface area (Å²) in [7, 11) is 0. The monoisotopic (exact) mass is 357 g/mol. The molecule has 0 bridgehead atoms. The molecule has 2 aromatic carbocycles. The fourth-order valence-electron chi connectivity index (χ4n) is 3.46. The Hall–Kier alpha value is -2.53. The lowest BCUT2D eigenvalue weighted by atomic mass is 9.91. The second kappa shape index (κ2) is 6.76. The van der Waals surface area contributed by atoms with Crippen LogP contribution in [-0.2, 0) is 4.79 Å². The van der Waals surface area contributed by atoms with Crippen molar-refractivity contribution in [1.82, 2.24) is 0 Å². The van der Waals surface area contributed by atoms with Crippen molar-refractivity contribution < 1.29 is 9.59 Å². The van der Waals surface area contributed by atoms with Crippen molar-refractivity contribution in [3.05, 3.63) is 58.6 Å². The van der Waals surface area contributed by atoms with Crippen LogP contribution < -0.4 is 16.0 Å². The van der Waals surface area contributed by atoms with Crippen molar-refractivity contribution in [1.29, 1.82) is 0 Å². The minimum absolute atomic E-state index is 0.00735. The lowest BCUT2D eigenvalue weighted by Gasteiger charge is -2.39. The molecule has 3 N–H and O–H groups in total. The zero-order valence-corrected chi connectivity index (χ0v) is 14.9. The molecule has 2 amide bonds. The Balaban J connectivity index is 2.03. The SMILES string of the molecule is CC(=O)N1c2ccc(Cl)cc2[C@@H](Nc2ccccc2C(N)=O)C[C@H]1C. The molecule has 3 rings (SSSR count). The van der Waals surface area contributed by atoms with E-state index < -0.39 is 5.91 Å². The van der Waals surface area contributed by atoms with E-state index in [4.69, 9.17) is 17.3 Å². The summed E-state index contributed by atoms with van der Waals surface area (Å²) in [6, 6.07) is 12.6. The summed E-state index contributed by atoms with van der Waals surface area (Å²) >= 11 is 6.19. The summed E-state index contributed by atoms with van der Waals surface area (Å²) in [5.74, 6) is -0.490. The molecule has 0 fully saturated rings. The van der Waals surface area contributed by atoms with Gasteiger partial charge in [-0.1, -0.05) is 23.7 Å². The maximum atomic E-state index is 12.1. The standard InChI is InChI=1S/C19H20ClN3O2/c1-11-9-17(22-16-6-4-3-5-14(16)19(21)25)15-10-13(20)7-8-18(15)23(11)12(2)24/h3-8,10-11,17,22H,9H2,1-2H3,(H2,21,25)/t11-,17+/m1/s1. The van der Waals surface area contributed by atoms with Gasteiger partial charge in [0.15, 0.2) is 0 Å². The number of fused-ring (bicyclic) bond motifs is 1. The molecule has 6 heteroatoms. The molecule has 1 aliphatic rings. The van der Waals surface area contributed by atoms with Gasteiger partial charge in [0.2, 0.25) is 5.91 Å². The van der Waals surface area contributed by atoms with E-state index in [1.807, 2.05) is 31.2 Å². The Morgan fingerprint density at radius 3 is 2.64 bits per heavy atom. The largest absolute Gasteiger partial charge is 0.377 e. The zero-order valence-electron chi connectivity index (χ0n) is 14.1. The summed E-state index contributed by atoms with van der Waals surface area (Å²) in [5.41, 5.74) is 8.36. The van der Waals surface area contributed by atoms with Crippen molar-refractivity contribution in [2.75, 3.05) is 10.2 Å². The highest BCUT2D eigenvalue weighted by molar-refractivity contribution is 6.30. The normalized spacial score (nSPS) is 19.2. The molecule has 0 aromatic heterocycles. The molecule has 5 nitrogen and oxygen atoms in total. The Kier molecular flexibility index (Phi) is 4.68. The lowest BCUT2D eigenvalue weighted by molar-refractivity contribution is -0.117. The van der Waals surface area contributed by atoms with Gasteiger partial charge in [0.1, 0.15) is 0 Å². The fourth-order valence-corrected chi connectivity index (χ4v) is 3.64. The highest BCUT2D eigenvalue weighted by Gasteiger charge is 2.32. The van der Waals surface area contributed by atoms with E-state index in [0.29, 0.717) is 22.7 Å². The number of nitrogens with two attached hydrogens (primary N) is 1. The quantitative estimate of drug-likeness (QED) is 0.878. The van der Waals surface area contributed by atoms with Gasteiger partial charge in [0.05, 0.1) is 11.6 Å². The fraction of sp³-hybridized carbons (Fsp3) is 0.263. The molecule has 0 unspecified atom stereocenters. The Morgan fingerprint density at radius 2 is 1.96 bits per heavy atom. The molecule has 0 aliphatic carbocycles. The summed E-state index contributed by atoms with van der Waals surface area (Å²) in [4.78, 5) is 25.5. The van der Waals surface area contributed by atoms with Crippen LogP contribution in [0.2, 0.25) is 5.02 Å². The van der Waals surface area contributed by atoms with E-state index in [9.17, 15) is 9.59 Å². The van der Waals surface area contributed by atoms with Crippen LogP contribution in [0.5, 0.6) is 0 Å². The number of amides is 2. The highest BCUT2D eigenvalue weighted by Crippen LogP contribution is 2.40. The summed E-state index contributed by atoms with van der Waals surface area (Å²) < 4.78 is 0. The predicted molar refractivity (Wildman–Crippen MR) is 100 cm³/mol. The van der Waals surface area contributed by atoms with Crippen LogP contribution >= 0.6 is 11.6 Å². The molecule has 0 saturated carbocycles. The Labute approximate surface area is 151 Å². The first kappa shape index (κ1) is 17.3. The van der Waals surface area contributed by atoms with Crippen LogP contribution in [0.4, 0.5) is 11.4 Å². The molecule has 0 spiro atoms. The van der Waals surface area contributed by atoms with Gasteiger partial charge in [0, 0.05) is 29.4 Å². The van der Waals surface area contributed by atoms with E-state index in [1.165, 1.54) is 0 Å². The number of rotatable bonds is 3. The van der Waals surface area contributed by atoms with Crippen molar-refractivity contribution in [3.8, 4) is 0 Å². The van der Waals surface area contributed by atoms with E-state index in [1.54, 1.807) is 30.0 Å². The molecule has 2 atom stereocenters. The number of para-hydroxylation sites is 1. The van der Waals surface area contributed by atoms with Crippen LogP contribution in [-0.4, -0.2) is 17.9 Å². The number of nitrogens with zero attached hydrogens (tertiary/aromatic N) is 1. The first-order valence-corrected chi connectivity index (χ1v) is 8.51. The predicted octanol–water partition coefficient (Wildman–Crippen LogP) is 3.74. The zero-order chi connectivity index (χ0) is 18.1. The number of carbonyl (C=O) groups excluding carboxylic acids is 2. The van der Waals surface area contributed by atoms with Crippen molar-refractivity contribution in [2.45, 2.75) is 32.4 Å². The number of nitrogens with one attached hydrogen (secondary N) is 1. The van der Waals surface area contributed by atoms with Crippen LogP contribution in [0.1, 0.15) is 42.2 Å². The number of hydrogen-bond donors (Lipinski definition) is 2. The third-order valence-corrected chi connectivity index (χ3v) is 4.74. The topological polar surface area (TPSA) is 75.4 Å². The summed E-state index contributed by atoms with van der Waals surface area (Å²) in [5, 5.41) is 4.01. The first-order valence-electron chi connectivity index (χ1n) is 8.13. The third-order valence-electron chi connectivity index (χ3n) is 4.50. The number of anilines is 2. The maximum absolute atomic E-state index is 12.1. The minimum atomic E-state index is -0.483. The average molecular weight is 358 g/mol. The summed E-state index contributed by atoms with van der Waals surface area (Å²) in [6.45, 7) is 3.57. The smallest absolute Gasteiger partial charge is 0.250 e. The van der Waals surface area contributed by atoms with Crippen LogP contribution in [0.25, 0.3) is 0 Å². The van der Waals surface area contributed by atoms with Crippen molar-refractivity contribution in [3.63, 3.8) is 0 Å².